The third-order valence-corrected chi connectivity index (χ3v) is 5.26. The van der Waals surface area contributed by atoms with Crippen LogP contribution in [-0.4, -0.2) is 4.98 Å². The number of nitrogens with zero attached hydrogens (tertiary/aromatic N) is 1. The highest BCUT2D eigenvalue weighted by Crippen LogP contribution is 2.50. The maximum atomic E-state index is 4.80. The molecular weight excluding hydrogens is 302 g/mol. The van der Waals surface area contributed by atoms with Gasteiger partial charge in [-0.1, -0.05) is 54.1 Å². The molecule has 0 bridgehead atoms. The number of hydrogen-bond acceptors (Lipinski definition) is 1. The van der Waals surface area contributed by atoms with Crippen LogP contribution in [0.2, 0.25) is 0 Å². The second kappa shape index (κ2) is 5.03. The fourth-order valence-corrected chi connectivity index (χ4v) is 4.20. The molecule has 25 heavy (non-hydrogen) atoms. The minimum atomic E-state index is 1.05. The smallest absolute Gasteiger partial charge is 0.0714 e. The van der Waals surface area contributed by atoms with Crippen LogP contribution < -0.4 is 0 Å². The van der Waals surface area contributed by atoms with Gasteiger partial charge in [0.15, 0.2) is 0 Å². The van der Waals surface area contributed by atoms with Gasteiger partial charge in [0.2, 0.25) is 0 Å². The summed E-state index contributed by atoms with van der Waals surface area (Å²) < 4.78 is 0. The number of hydrogen-bond donors (Lipinski definition) is 0. The summed E-state index contributed by atoms with van der Waals surface area (Å²) in [7, 11) is 0. The molecule has 0 amide bonds. The van der Waals surface area contributed by atoms with E-state index in [1.54, 1.807) is 0 Å². The van der Waals surface area contributed by atoms with Crippen LogP contribution in [0.4, 0.5) is 0 Å². The quantitative estimate of drug-likeness (QED) is 0.344. The second-order valence-electron chi connectivity index (χ2n) is 7.06. The number of pyridine rings is 1. The van der Waals surface area contributed by atoms with Crippen molar-refractivity contribution in [3.63, 3.8) is 0 Å². The summed E-state index contributed by atoms with van der Waals surface area (Å²) in [6, 6.07) is 22.1. The third kappa shape index (κ3) is 1.99. The molecule has 1 aliphatic rings. The van der Waals surface area contributed by atoms with Crippen molar-refractivity contribution >= 4 is 10.8 Å². The Morgan fingerprint density at radius 3 is 2.36 bits per heavy atom. The van der Waals surface area contributed by atoms with Crippen LogP contribution in [0.15, 0.2) is 60.7 Å². The molecule has 1 aliphatic carbocycles. The van der Waals surface area contributed by atoms with E-state index >= 15 is 0 Å². The topological polar surface area (TPSA) is 12.9 Å². The van der Waals surface area contributed by atoms with Crippen molar-refractivity contribution in [2.75, 3.05) is 0 Å². The molecule has 1 nitrogen and oxygen atoms in total. The maximum absolute atomic E-state index is 4.80. The van der Waals surface area contributed by atoms with Gasteiger partial charge in [0.1, 0.15) is 0 Å². The predicted octanol–water partition coefficient (Wildman–Crippen LogP) is 6.47. The van der Waals surface area contributed by atoms with Crippen LogP contribution in [-0.2, 0) is 0 Å². The zero-order valence-corrected chi connectivity index (χ0v) is 14.7. The first kappa shape index (κ1) is 14.4. The third-order valence-electron chi connectivity index (χ3n) is 5.26. The molecule has 0 aliphatic heterocycles. The Morgan fingerprint density at radius 2 is 1.52 bits per heavy atom. The van der Waals surface area contributed by atoms with Crippen LogP contribution >= 0.6 is 0 Å². The molecule has 0 spiro atoms. The molecule has 0 unspecified atom stereocenters. The van der Waals surface area contributed by atoms with E-state index in [9.17, 15) is 0 Å². The fraction of sp³-hybridized carbons (Fsp3) is 0.125. The van der Waals surface area contributed by atoms with Gasteiger partial charge in [-0.05, 0) is 71.5 Å². The van der Waals surface area contributed by atoms with E-state index < -0.39 is 0 Å². The van der Waals surface area contributed by atoms with Crippen LogP contribution in [0, 0.1) is 20.8 Å². The van der Waals surface area contributed by atoms with Crippen molar-refractivity contribution in [1.29, 1.82) is 0 Å². The van der Waals surface area contributed by atoms with Crippen molar-refractivity contribution in [2.24, 2.45) is 0 Å². The van der Waals surface area contributed by atoms with Crippen LogP contribution in [0.3, 0.4) is 0 Å². The van der Waals surface area contributed by atoms with Crippen molar-refractivity contribution in [2.45, 2.75) is 20.8 Å². The lowest BCUT2D eigenvalue weighted by molar-refractivity contribution is 1.20. The molecule has 1 aromatic heterocycles. The van der Waals surface area contributed by atoms with Crippen molar-refractivity contribution in [3.8, 4) is 33.5 Å². The molecule has 0 fully saturated rings. The summed E-state index contributed by atoms with van der Waals surface area (Å²) in [5, 5.41) is 2.67. The zero-order chi connectivity index (χ0) is 17.1. The van der Waals surface area contributed by atoms with Gasteiger partial charge in [-0.25, -0.2) is 0 Å². The second-order valence-corrected chi connectivity index (χ2v) is 7.06. The first-order chi connectivity index (χ1) is 12.1. The van der Waals surface area contributed by atoms with Crippen LogP contribution in [0.5, 0.6) is 0 Å². The van der Waals surface area contributed by atoms with Gasteiger partial charge in [-0.3, -0.25) is 4.98 Å². The highest BCUT2D eigenvalue weighted by Gasteiger charge is 2.24. The highest BCUT2D eigenvalue weighted by molar-refractivity contribution is 6.19. The number of aryl methyl sites for hydroxylation is 3. The lowest BCUT2D eigenvalue weighted by atomic mass is 9.92. The summed E-state index contributed by atoms with van der Waals surface area (Å²) in [6.07, 6.45) is 0. The van der Waals surface area contributed by atoms with Gasteiger partial charge in [-0.2, -0.15) is 0 Å². The maximum Gasteiger partial charge on any atom is 0.0714 e. The molecule has 120 valence electrons. The molecular formula is C24H19N. The van der Waals surface area contributed by atoms with E-state index in [0.29, 0.717) is 0 Å². The number of rotatable bonds is 1. The Kier molecular flexibility index (Phi) is 2.90. The lowest BCUT2D eigenvalue weighted by Gasteiger charge is -2.13. The molecule has 4 aromatic rings. The van der Waals surface area contributed by atoms with Gasteiger partial charge >= 0.3 is 0 Å². The summed E-state index contributed by atoms with van der Waals surface area (Å²) in [5.41, 5.74) is 11.4. The molecule has 0 radical (unpaired) electrons. The summed E-state index contributed by atoms with van der Waals surface area (Å²) in [6.45, 7) is 6.42. The summed E-state index contributed by atoms with van der Waals surface area (Å²) in [5.74, 6) is 0. The molecule has 5 rings (SSSR count). The van der Waals surface area contributed by atoms with Crippen LogP contribution in [0.1, 0.15) is 16.8 Å². The van der Waals surface area contributed by atoms with Crippen molar-refractivity contribution in [3.05, 3.63) is 77.5 Å². The van der Waals surface area contributed by atoms with E-state index in [-0.39, 0.29) is 0 Å². The van der Waals surface area contributed by atoms with Gasteiger partial charge in [0.25, 0.3) is 0 Å². The summed E-state index contributed by atoms with van der Waals surface area (Å²) >= 11 is 0. The van der Waals surface area contributed by atoms with E-state index in [1.165, 1.54) is 49.7 Å². The predicted molar refractivity (Wildman–Crippen MR) is 106 cm³/mol. The minimum Gasteiger partial charge on any atom is -0.253 e. The van der Waals surface area contributed by atoms with Gasteiger partial charge in [0.05, 0.1) is 5.69 Å². The van der Waals surface area contributed by atoms with Crippen LogP contribution in [0.25, 0.3) is 44.3 Å². The average molecular weight is 321 g/mol. The van der Waals surface area contributed by atoms with Crippen molar-refractivity contribution < 1.29 is 0 Å². The van der Waals surface area contributed by atoms with E-state index in [2.05, 4.69) is 81.4 Å². The zero-order valence-electron chi connectivity index (χ0n) is 14.7. The Balaban J connectivity index is 1.92. The van der Waals surface area contributed by atoms with Crippen molar-refractivity contribution in [1.82, 2.24) is 4.98 Å². The van der Waals surface area contributed by atoms with E-state index in [1.807, 2.05) is 0 Å². The molecule has 0 saturated heterocycles. The highest BCUT2D eigenvalue weighted by atomic mass is 14.7. The first-order valence-corrected chi connectivity index (χ1v) is 8.75. The Bertz CT molecular complexity index is 1170. The molecule has 1 heterocycles. The Morgan fingerprint density at radius 1 is 0.680 bits per heavy atom. The number of benzene rings is 3. The Hall–Kier alpha value is -2.93. The lowest BCUT2D eigenvalue weighted by Crippen LogP contribution is -1.92. The monoisotopic (exact) mass is 321 g/mol. The first-order valence-electron chi connectivity index (χ1n) is 8.75. The Labute approximate surface area is 148 Å². The normalized spacial score (nSPS) is 11.8. The standard InChI is InChI=1S/C24H19N/c1-14-10-11-17-18-7-5-8-19-23(22-9-4-6-16(3)25-22)15(2)13-21(24(18)19)20(17)12-14/h4-13H,1-3H3. The van der Waals surface area contributed by atoms with Gasteiger partial charge < -0.3 is 0 Å². The number of aromatic nitrogens is 1. The van der Waals surface area contributed by atoms with Gasteiger partial charge in [-0.15, -0.1) is 0 Å². The van der Waals surface area contributed by atoms with E-state index in [0.717, 1.165) is 11.4 Å². The average Bonchev–Trinajstić information content (AvgIpc) is 2.90. The molecule has 0 saturated carbocycles. The largest absolute Gasteiger partial charge is 0.253 e. The molecule has 0 atom stereocenters. The molecule has 0 N–H and O–H groups in total. The van der Waals surface area contributed by atoms with Gasteiger partial charge in [0, 0.05) is 11.3 Å². The molecule has 3 aromatic carbocycles. The minimum absolute atomic E-state index is 1.05. The summed E-state index contributed by atoms with van der Waals surface area (Å²) in [4.78, 5) is 4.80. The van der Waals surface area contributed by atoms with E-state index in [4.69, 9.17) is 4.98 Å². The molecule has 1 heteroatoms. The SMILES string of the molecule is Cc1ccc2c(c1)-c1cc(C)c(-c3cccc(C)n3)c3cccc-2c13. The fourth-order valence-electron chi connectivity index (χ4n) is 4.20. The number of fused-ring (bicyclic) bond motifs is 3.